The summed E-state index contributed by atoms with van der Waals surface area (Å²) in [5.41, 5.74) is 0.475. The first-order valence-corrected chi connectivity index (χ1v) is 10.4. The van der Waals surface area contributed by atoms with Crippen LogP contribution in [0.5, 0.6) is 5.75 Å². The Morgan fingerprint density at radius 2 is 2.03 bits per heavy atom. The number of aromatic nitrogens is 2. The number of halogens is 1. The number of hydrogen-bond donors (Lipinski definition) is 0. The molecule has 0 spiro atoms. The summed E-state index contributed by atoms with van der Waals surface area (Å²) in [6, 6.07) is 9.93. The van der Waals surface area contributed by atoms with Crippen LogP contribution in [0.4, 0.5) is 9.52 Å². The van der Waals surface area contributed by atoms with Crippen molar-refractivity contribution in [2.24, 2.45) is 0 Å². The number of amides is 1. The van der Waals surface area contributed by atoms with Gasteiger partial charge in [-0.1, -0.05) is 30.4 Å². The number of aryl methyl sites for hydroxylation is 1. The van der Waals surface area contributed by atoms with Crippen molar-refractivity contribution in [3.8, 4) is 5.75 Å². The summed E-state index contributed by atoms with van der Waals surface area (Å²) in [6.45, 7) is 1.94. The maximum absolute atomic E-state index is 13.9. The van der Waals surface area contributed by atoms with Gasteiger partial charge >= 0.3 is 0 Å². The van der Waals surface area contributed by atoms with Crippen molar-refractivity contribution in [1.82, 2.24) is 10.2 Å². The van der Waals surface area contributed by atoms with Crippen molar-refractivity contribution in [3.05, 3.63) is 80.4 Å². The predicted octanol–water partition coefficient (Wildman–Crippen LogP) is 4.10. The lowest BCUT2D eigenvalue weighted by molar-refractivity contribution is 0.0970. The van der Waals surface area contributed by atoms with Gasteiger partial charge in [-0.2, -0.15) is 0 Å². The number of nitrogens with zero attached hydrogens (tertiary/aromatic N) is 3. The third-order valence-electron chi connectivity index (χ3n) is 5.21. The molecule has 31 heavy (non-hydrogen) atoms. The van der Waals surface area contributed by atoms with Crippen LogP contribution in [0.2, 0.25) is 0 Å². The normalized spacial score (nSPS) is 15.5. The molecule has 2 aromatic carbocycles. The van der Waals surface area contributed by atoms with E-state index in [0.717, 1.165) is 11.1 Å². The van der Waals surface area contributed by atoms with Gasteiger partial charge in [0, 0.05) is 0 Å². The number of methoxy groups -OCH3 is 1. The molecule has 7 nitrogen and oxygen atoms in total. The minimum absolute atomic E-state index is 0.0767. The van der Waals surface area contributed by atoms with Crippen molar-refractivity contribution in [2.45, 2.75) is 19.4 Å². The zero-order valence-electron chi connectivity index (χ0n) is 16.6. The number of carbonyl (C=O) groups excluding carboxylic acids is 1. The van der Waals surface area contributed by atoms with Crippen molar-refractivity contribution >= 4 is 33.3 Å². The average molecular weight is 437 g/mol. The monoisotopic (exact) mass is 437 g/mol. The molecule has 0 bridgehead atoms. The molecule has 0 aliphatic carbocycles. The highest BCUT2D eigenvalue weighted by Gasteiger charge is 2.45. The van der Waals surface area contributed by atoms with Gasteiger partial charge in [0.05, 0.1) is 24.1 Å². The lowest BCUT2D eigenvalue weighted by Gasteiger charge is -2.22. The second-order valence-electron chi connectivity index (χ2n) is 7.00. The Balaban J connectivity index is 1.80. The van der Waals surface area contributed by atoms with Crippen LogP contribution in [0.15, 0.2) is 51.7 Å². The van der Waals surface area contributed by atoms with Gasteiger partial charge in [-0.25, -0.2) is 4.39 Å². The fourth-order valence-corrected chi connectivity index (χ4v) is 4.56. The van der Waals surface area contributed by atoms with Crippen LogP contribution in [0.25, 0.3) is 11.0 Å². The molecule has 4 aromatic rings. The Kier molecular flexibility index (Phi) is 4.55. The van der Waals surface area contributed by atoms with Crippen LogP contribution >= 0.6 is 11.3 Å². The molecule has 156 valence electrons. The highest BCUT2D eigenvalue weighted by molar-refractivity contribution is 7.15. The van der Waals surface area contributed by atoms with Crippen LogP contribution in [0, 0.1) is 5.82 Å². The molecule has 1 aliphatic heterocycles. The Bertz CT molecular complexity index is 1400. The van der Waals surface area contributed by atoms with Crippen LogP contribution in [0.1, 0.15) is 39.7 Å². The number of hydrogen-bond acceptors (Lipinski definition) is 7. The van der Waals surface area contributed by atoms with E-state index in [0.29, 0.717) is 22.9 Å². The zero-order valence-corrected chi connectivity index (χ0v) is 17.4. The van der Waals surface area contributed by atoms with Gasteiger partial charge in [-0.05, 0) is 42.3 Å². The van der Waals surface area contributed by atoms with E-state index in [1.54, 1.807) is 24.3 Å². The largest absolute Gasteiger partial charge is 0.497 e. The van der Waals surface area contributed by atoms with Crippen molar-refractivity contribution < 1.29 is 18.3 Å². The maximum atomic E-state index is 13.9. The molecule has 1 amide bonds. The first kappa shape index (κ1) is 19.4. The summed E-state index contributed by atoms with van der Waals surface area (Å²) >= 11 is 1.27. The molecule has 0 saturated carbocycles. The standard InChI is InChI=1S/C22H16FN3O4S/c1-3-16-24-25-22(31-16)26-18(11-5-4-6-13(9-11)29-2)17-19(27)14-10-12(23)7-8-15(14)30-20(17)21(26)28/h4-10,18H,3H2,1-2H3. The molecule has 0 fully saturated rings. The van der Waals surface area contributed by atoms with Gasteiger partial charge in [0.1, 0.15) is 22.2 Å². The topological polar surface area (TPSA) is 85.5 Å². The van der Waals surface area contributed by atoms with E-state index in [1.807, 2.05) is 6.92 Å². The van der Waals surface area contributed by atoms with E-state index in [4.69, 9.17) is 9.15 Å². The molecule has 1 atom stereocenters. The molecule has 0 N–H and O–H groups in total. The Morgan fingerprint density at radius 1 is 1.19 bits per heavy atom. The smallest absolute Gasteiger partial charge is 0.297 e. The number of rotatable bonds is 4. The quantitative estimate of drug-likeness (QED) is 0.478. The second-order valence-corrected chi connectivity index (χ2v) is 8.04. The fraction of sp³-hybridized carbons (Fsp3) is 0.182. The molecule has 0 saturated heterocycles. The number of fused-ring (bicyclic) bond motifs is 2. The molecule has 9 heteroatoms. The Hall–Kier alpha value is -3.59. The van der Waals surface area contributed by atoms with Crippen LogP contribution in [-0.2, 0) is 6.42 Å². The molecular formula is C22H16FN3O4S. The van der Waals surface area contributed by atoms with E-state index in [9.17, 15) is 14.0 Å². The van der Waals surface area contributed by atoms with Gasteiger partial charge in [0.15, 0.2) is 5.43 Å². The summed E-state index contributed by atoms with van der Waals surface area (Å²) in [6.07, 6.45) is 0.664. The third-order valence-corrected chi connectivity index (χ3v) is 6.27. The second kappa shape index (κ2) is 7.28. The highest BCUT2D eigenvalue weighted by Crippen LogP contribution is 2.42. The zero-order chi connectivity index (χ0) is 21.7. The number of carbonyl (C=O) groups is 1. The van der Waals surface area contributed by atoms with Crippen molar-refractivity contribution in [2.75, 3.05) is 12.0 Å². The van der Waals surface area contributed by atoms with Gasteiger partial charge in [-0.3, -0.25) is 14.5 Å². The van der Waals surface area contributed by atoms with E-state index >= 15 is 0 Å². The lowest BCUT2D eigenvalue weighted by Crippen LogP contribution is -2.29. The predicted molar refractivity (Wildman–Crippen MR) is 113 cm³/mol. The summed E-state index contributed by atoms with van der Waals surface area (Å²) < 4.78 is 25.0. The lowest BCUT2D eigenvalue weighted by atomic mass is 9.98. The fourth-order valence-electron chi connectivity index (χ4n) is 3.75. The molecule has 0 radical (unpaired) electrons. The number of ether oxygens (including phenoxy) is 1. The van der Waals surface area contributed by atoms with Crippen molar-refractivity contribution in [1.29, 1.82) is 0 Å². The average Bonchev–Trinajstić information content (AvgIpc) is 3.37. The van der Waals surface area contributed by atoms with E-state index < -0.39 is 23.2 Å². The summed E-state index contributed by atoms with van der Waals surface area (Å²) in [4.78, 5) is 28.3. The molecular weight excluding hydrogens is 421 g/mol. The minimum atomic E-state index is -0.806. The molecule has 3 heterocycles. The summed E-state index contributed by atoms with van der Waals surface area (Å²) in [7, 11) is 1.54. The molecule has 1 aliphatic rings. The maximum Gasteiger partial charge on any atom is 0.297 e. The first-order valence-electron chi connectivity index (χ1n) is 9.58. The SMILES string of the molecule is CCc1nnc(N2C(=O)c3oc4ccc(F)cc4c(=O)c3C2c2cccc(OC)c2)s1. The van der Waals surface area contributed by atoms with Gasteiger partial charge in [0.2, 0.25) is 10.9 Å². The highest BCUT2D eigenvalue weighted by atomic mass is 32.1. The molecule has 5 rings (SSSR count). The van der Waals surface area contributed by atoms with Crippen LogP contribution < -0.4 is 15.1 Å². The molecule has 2 aromatic heterocycles. The van der Waals surface area contributed by atoms with Gasteiger partial charge in [0.25, 0.3) is 5.91 Å². The number of benzene rings is 2. The van der Waals surface area contributed by atoms with Crippen molar-refractivity contribution in [3.63, 3.8) is 0 Å². The first-order chi connectivity index (χ1) is 15.0. The Morgan fingerprint density at radius 3 is 2.77 bits per heavy atom. The van der Waals surface area contributed by atoms with Crippen LogP contribution in [-0.4, -0.2) is 23.2 Å². The van der Waals surface area contributed by atoms with Crippen LogP contribution in [0.3, 0.4) is 0 Å². The molecule has 1 unspecified atom stereocenters. The number of anilines is 1. The minimum Gasteiger partial charge on any atom is -0.497 e. The van der Waals surface area contributed by atoms with Gasteiger partial charge < -0.3 is 9.15 Å². The van der Waals surface area contributed by atoms with E-state index in [2.05, 4.69) is 10.2 Å². The Labute approximate surface area is 179 Å². The van der Waals surface area contributed by atoms with E-state index in [-0.39, 0.29) is 22.3 Å². The van der Waals surface area contributed by atoms with E-state index in [1.165, 1.54) is 35.5 Å². The summed E-state index contributed by atoms with van der Waals surface area (Å²) in [5.74, 6) is -0.563. The third kappa shape index (κ3) is 3.00. The van der Waals surface area contributed by atoms with Gasteiger partial charge in [-0.15, -0.1) is 10.2 Å². The summed E-state index contributed by atoms with van der Waals surface area (Å²) in [5, 5.41) is 9.48.